The number of rotatable bonds is 8. The summed E-state index contributed by atoms with van der Waals surface area (Å²) in [6.45, 7) is 2.94. The van der Waals surface area contributed by atoms with E-state index in [-0.39, 0.29) is 0 Å². The number of aryl methyl sites for hydroxylation is 1. The van der Waals surface area contributed by atoms with E-state index in [0.717, 1.165) is 37.4 Å². The Morgan fingerprint density at radius 3 is 2.89 bits per heavy atom. The van der Waals surface area contributed by atoms with Crippen molar-refractivity contribution in [3.05, 3.63) is 23.4 Å². The molecule has 0 unspecified atom stereocenters. The number of nitrogens with zero attached hydrogens (tertiary/aromatic N) is 1. The van der Waals surface area contributed by atoms with Crippen LogP contribution < -0.4 is 5.32 Å². The zero-order valence-electron chi connectivity index (χ0n) is 11.5. The van der Waals surface area contributed by atoms with Crippen molar-refractivity contribution >= 4 is 11.8 Å². The summed E-state index contributed by atoms with van der Waals surface area (Å²) in [5.41, 5.74) is 1.18. The lowest BCUT2D eigenvalue weighted by Gasteiger charge is -2.08. The van der Waals surface area contributed by atoms with Crippen molar-refractivity contribution in [2.24, 2.45) is 5.92 Å². The topological polar surface area (TPSA) is 62.2 Å². The van der Waals surface area contributed by atoms with Gasteiger partial charge in [-0.05, 0) is 37.3 Å². The highest BCUT2D eigenvalue weighted by Crippen LogP contribution is 2.33. The zero-order chi connectivity index (χ0) is 13.7. The fraction of sp³-hybridized carbons (Fsp3) is 0.600. The number of hydrogen-bond acceptors (Lipinski definition) is 3. The summed E-state index contributed by atoms with van der Waals surface area (Å²) in [6.07, 6.45) is 6.95. The molecule has 0 saturated heterocycles. The quantitative estimate of drug-likeness (QED) is 0.705. The van der Waals surface area contributed by atoms with Crippen molar-refractivity contribution in [1.82, 2.24) is 4.98 Å². The molecule has 0 radical (unpaired) electrons. The van der Waals surface area contributed by atoms with Crippen molar-refractivity contribution in [3.8, 4) is 0 Å². The predicted molar refractivity (Wildman–Crippen MR) is 75.6 cm³/mol. The van der Waals surface area contributed by atoms with Gasteiger partial charge in [0.15, 0.2) is 0 Å². The van der Waals surface area contributed by atoms with Crippen LogP contribution in [0.25, 0.3) is 0 Å². The molecule has 0 aliphatic heterocycles. The maximum absolute atomic E-state index is 11.1. The number of carboxylic acid groups (broad SMARTS) is 1. The van der Waals surface area contributed by atoms with Crippen LogP contribution in [0.2, 0.25) is 0 Å². The standard InChI is InChI=1S/C15H22N2O2/c1-2-4-13-9-12(15(18)19)10-14(17-13)16-8-3-5-11-6-7-11/h9-11H,2-8H2,1H3,(H,16,17)(H,18,19). The van der Waals surface area contributed by atoms with Crippen molar-refractivity contribution < 1.29 is 9.90 Å². The van der Waals surface area contributed by atoms with E-state index < -0.39 is 5.97 Å². The first kappa shape index (κ1) is 13.8. The van der Waals surface area contributed by atoms with Gasteiger partial charge in [0.05, 0.1) is 5.56 Å². The van der Waals surface area contributed by atoms with Crippen molar-refractivity contribution in [3.63, 3.8) is 0 Å². The lowest BCUT2D eigenvalue weighted by Crippen LogP contribution is -2.08. The molecule has 1 saturated carbocycles. The maximum atomic E-state index is 11.1. The largest absolute Gasteiger partial charge is 0.478 e. The molecular formula is C15H22N2O2. The Bertz CT molecular complexity index is 442. The van der Waals surface area contributed by atoms with Crippen LogP contribution in [0.4, 0.5) is 5.82 Å². The third kappa shape index (κ3) is 4.54. The smallest absolute Gasteiger partial charge is 0.335 e. The Balaban J connectivity index is 1.94. The van der Waals surface area contributed by atoms with E-state index in [1.54, 1.807) is 12.1 Å². The molecule has 0 amide bonds. The molecule has 0 atom stereocenters. The molecule has 4 nitrogen and oxygen atoms in total. The van der Waals surface area contributed by atoms with E-state index in [0.29, 0.717) is 11.4 Å². The van der Waals surface area contributed by atoms with Gasteiger partial charge in [0.25, 0.3) is 0 Å². The predicted octanol–water partition coefficient (Wildman–Crippen LogP) is 3.33. The molecule has 1 fully saturated rings. The fourth-order valence-electron chi connectivity index (χ4n) is 2.20. The van der Waals surface area contributed by atoms with Gasteiger partial charge in [-0.2, -0.15) is 0 Å². The molecule has 19 heavy (non-hydrogen) atoms. The Labute approximate surface area is 114 Å². The molecule has 0 spiro atoms. The van der Waals surface area contributed by atoms with Crippen molar-refractivity contribution in [1.29, 1.82) is 0 Å². The Hall–Kier alpha value is -1.58. The first-order valence-electron chi connectivity index (χ1n) is 7.17. The molecule has 1 aliphatic carbocycles. The minimum Gasteiger partial charge on any atom is -0.478 e. The molecule has 0 aromatic carbocycles. The van der Waals surface area contributed by atoms with Gasteiger partial charge in [0, 0.05) is 12.2 Å². The van der Waals surface area contributed by atoms with Crippen LogP contribution in [-0.4, -0.2) is 22.6 Å². The Morgan fingerprint density at radius 1 is 1.47 bits per heavy atom. The maximum Gasteiger partial charge on any atom is 0.335 e. The molecule has 1 aliphatic rings. The Kier molecular flexibility index (Phi) is 4.77. The first-order chi connectivity index (χ1) is 9.19. The summed E-state index contributed by atoms with van der Waals surface area (Å²) in [5.74, 6) is 0.746. The average molecular weight is 262 g/mol. The van der Waals surface area contributed by atoms with Crippen LogP contribution in [0.15, 0.2) is 12.1 Å². The second-order valence-corrected chi connectivity index (χ2v) is 5.30. The van der Waals surface area contributed by atoms with Crippen LogP contribution in [0.5, 0.6) is 0 Å². The molecule has 1 aromatic heterocycles. The molecular weight excluding hydrogens is 240 g/mol. The molecule has 104 valence electrons. The van der Waals surface area contributed by atoms with Crippen LogP contribution in [0, 0.1) is 5.92 Å². The minimum atomic E-state index is -0.888. The highest BCUT2D eigenvalue weighted by atomic mass is 16.4. The summed E-state index contributed by atoms with van der Waals surface area (Å²) in [5, 5.41) is 12.3. The van der Waals surface area contributed by atoms with Crippen LogP contribution in [-0.2, 0) is 6.42 Å². The van der Waals surface area contributed by atoms with Crippen LogP contribution in [0.1, 0.15) is 55.1 Å². The number of aromatic carboxylic acids is 1. The number of carbonyl (C=O) groups is 1. The number of anilines is 1. The molecule has 2 N–H and O–H groups in total. The number of nitrogens with one attached hydrogen (secondary N) is 1. The number of pyridine rings is 1. The van der Waals surface area contributed by atoms with E-state index in [1.165, 1.54) is 19.3 Å². The second-order valence-electron chi connectivity index (χ2n) is 5.30. The van der Waals surface area contributed by atoms with Crippen molar-refractivity contribution in [2.45, 2.75) is 45.4 Å². The van der Waals surface area contributed by atoms with Gasteiger partial charge >= 0.3 is 5.97 Å². The zero-order valence-corrected chi connectivity index (χ0v) is 11.5. The van der Waals surface area contributed by atoms with E-state index in [2.05, 4.69) is 17.2 Å². The van der Waals surface area contributed by atoms with E-state index in [4.69, 9.17) is 5.11 Å². The summed E-state index contributed by atoms with van der Waals surface area (Å²) < 4.78 is 0. The van der Waals surface area contributed by atoms with E-state index in [9.17, 15) is 4.79 Å². The van der Waals surface area contributed by atoms with Gasteiger partial charge in [-0.3, -0.25) is 0 Å². The lowest BCUT2D eigenvalue weighted by molar-refractivity contribution is 0.0696. The third-order valence-electron chi connectivity index (χ3n) is 3.42. The Morgan fingerprint density at radius 2 is 2.26 bits per heavy atom. The molecule has 4 heteroatoms. The third-order valence-corrected chi connectivity index (χ3v) is 3.42. The average Bonchev–Trinajstić information content (AvgIpc) is 3.19. The highest BCUT2D eigenvalue weighted by molar-refractivity contribution is 5.88. The van der Waals surface area contributed by atoms with Crippen molar-refractivity contribution in [2.75, 3.05) is 11.9 Å². The molecule has 1 heterocycles. The summed E-state index contributed by atoms with van der Waals surface area (Å²) in [6, 6.07) is 3.29. The van der Waals surface area contributed by atoms with Gasteiger partial charge in [-0.25, -0.2) is 9.78 Å². The molecule has 2 rings (SSSR count). The summed E-state index contributed by atoms with van der Waals surface area (Å²) in [4.78, 5) is 15.5. The second kappa shape index (κ2) is 6.55. The van der Waals surface area contributed by atoms with Crippen LogP contribution in [0.3, 0.4) is 0 Å². The monoisotopic (exact) mass is 262 g/mol. The van der Waals surface area contributed by atoms with Gasteiger partial charge in [0.2, 0.25) is 0 Å². The minimum absolute atomic E-state index is 0.322. The fourth-order valence-corrected chi connectivity index (χ4v) is 2.20. The normalized spacial score (nSPS) is 14.4. The lowest BCUT2D eigenvalue weighted by atomic mass is 10.1. The number of hydrogen-bond donors (Lipinski definition) is 2. The summed E-state index contributed by atoms with van der Waals surface area (Å²) >= 11 is 0. The van der Waals surface area contributed by atoms with Crippen LogP contribution >= 0.6 is 0 Å². The number of aromatic nitrogens is 1. The van der Waals surface area contributed by atoms with E-state index in [1.807, 2.05) is 0 Å². The summed E-state index contributed by atoms with van der Waals surface area (Å²) in [7, 11) is 0. The number of carboxylic acids is 1. The molecule has 0 bridgehead atoms. The SMILES string of the molecule is CCCc1cc(C(=O)O)cc(NCCCC2CC2)n1. The van der Waals surface area contributed by atoms with E-state index >= 15 is 0 Å². The van der Waals surface area contributed by atoms with Gasteiger partial charge in [-0.15, -0.1) is 0 Å². The molecule has 1 aromatic rings. The highest BCUT2D eigenvalue weighted by Gasteiger charge is 2.20. The van der Waals surface area contributed by atoms with Gasteiger partial charge in [-0.1, -0.05) is 26.2 Å². The van der Waals surface area contributed by atoms with Gasteiger partial charge < -0.3 is 10.4 Å². The first-order valence-corrected chi connectivity index (χ1v) is 7.17. The van der Waals surface area contributed by atoms with Gasteiger partial charge in [0.1, 0.15) is 5.82 Å².